The average molecular weight is 348 g/mol. The number of nitrogens with two attached hydrogens (primary N) is 1. The van der Waals surface area contributed by atoms with Gasteiger partial charge in [-0.1, -0.05) is 0 Å². The molecule has 0 aromatic rings. The summed E-state index contributed by atoms with van der Waals surface area (Å²) in [6, 6.07) is -4.35. The van der Waals surface area contributed by atoms with E-state index in [2.05, 4.69) is 5.32 Å². The van der Waals surface area contributed by atoms with Gasteiger partial charge < -0.3 is 37.0 Å². The molecule has 0 aromatic heterocycles. The maximum Gasteiger partial charge on any atom is 0.325 e. The Morgan fingerprint density at radius 1 is 0.958 bits per heavy atom. The maximum absolute atomic E-state index is 11.9. The van der Waals surface area contributed by atoms with Gasteiger partial charge in [0.15, 0.2) is 0 Å². The van der Waals surface area contributed by atoms with Crippen molar-refractivity contribution in [3.05, 3.63) is 0 Å². The second kappa shape index (κ2) is 10.1. The molecule has 136 valence electrons. The van der Waals surface area contributed by atoms with Crippen molar-refractivity contribution in [3.8, 4) is 0 Å². The van der Waals surface area contributed by atoms with E-state index < -0.39 is 67.4 Å². The predicted octanol–water partition coefficient (Wildman–Crippen LogP) is -4.03. The van der Waals surface area contributed by atoms with E-state index in [0.29, 0.717) is 0 Å². The van der Waals surface area contributed by atoms with E-state index in [4.69, 9.17) is 21.1 Å². The third kappa shape index (κ3) is 7.51. The molecule has 0 aliphatic heterocycles. The number of hydrogen-bond acceptors (Lipinski definition) is 7. The fraction of sp³-hybridized carbons (Fsp3) is 0.583. The number of aliphatic hydroxyl groups excluding tert-OH is 1. The zero-order valence-corrected chi connectivity index (χ0v) is 12.8. The molecule has 0 aliphatic carbocycles. The molecule has 12 heteroatoms. The van der Waals surface area contributed by atoms with Gasteiger partial charge in [-0.3, -0.25) is 24.0 Å². The van der Waals surface area contributed by atoms with Crippen LogP contribution in [0.25, 0.3) is 0 Å². The molecule has 0 radical (unpaired) electrons. The van der Waals surface area contributed by atoms with Crippen LogP contribution in [-0.4, -0.2) is 76.3 Å². The molecule has 0 aromatic carbocycles. The fourth-order valence-corrected chi connectivity index (χ4v) is 1.48. The van der Waals surface area contributed by atoms with Crippen molar-refractivity contribution >= 4 is 29.7 Å². The summed E-state index contributed by atoms with van der Waals surface area (Å²) in [5, 5.41) is 32.7. The molecular weight excluding hydrogens is 328 g/mol. The van der Waals surface area contributed by atoms with E-state index in [1.54, 1.807) is 0 Å². The minimum atomic E-state index is -1.60. The van der Waals surface area contributed by atoms with Gasteiger partial charge in [0.25, 0.3) is 0 Å². The molecule has 3 amide bonds. The third-order valence-electron chi connectivity index (χ3n) is 2.76. The summed E-state index contributed by atoms with van der Waals surface area (Å²) in [6.07, 6.45) is -0.826. The smallest absolute Gasteiger partial charge is 0.325 e. The Hall–Kier alpha value is -2.73. The van der Waals surface area contributed by atoms with Crippen LogP contribution in [0.5, 0.6) is 0 Å². The lowest BCUT2D eigenvalue weighted by Gasteiger charge is -2.21. The highest BCUT2D eigenvalue weighted by molar-refractivity contribution is 5.95. The van der Waals surface area contributed by atoms with Gasteiger partial charge in [0.1, 0.15) is 18.1 Å². The molecule has 0 rings (SSSR count). The van der Waals surface area contributed by atoms with Crippen LogP contribution >= 0.6 is 0 Å². The molecule has 24 heavy (non-hydrogen) atoms. The number of rotatable bonds is 10. The van der Waals surface area contributed by atoms with Gasteiger partial charge in [-0.2, -0.15) is 0 Å². The quantitative estimate of drug-likeness (QED) is 0.205. The molecular formula is C12H20N4O8. The summed E-state index contributed by atoms with van der Waals surface area (Å²) in [7, 11) is 0. The molecule has 8 N–H and O–H groups in total. The van der Waals surface area contributed by atoms with Crippen LogP contribution in [0.1, 0.15) is 13.3 Å². The van der Waals surface area contributed by atoms with Crippen molar-refractivity contribution < 1.29 is 39.3 Å². The molecule has 0 heterocycles. The normalized spacial score (nSPS) is 14.0. The molecule has 3 unspecified atom stereocenters. The molecule has 0 saturated carbocycles. The van der Waals surface area contributed by atoms with Crippen LogP contribution in [-0.2, 0) is 24.0 Å². The van der Waals surface area contributed by atoms with Gasteiger partial charge in [-0.15, -0.1) is 0 Å². The Labute approximate surface area is 136 Å². The summed E-state index contributed by atoms with van der Waals surface area (Å²) in [4.78, 5) is 56.5. The van der Waals surface area contributed by atoms with Crippen LogP contribution in [0, 0.1) is 0 Å². The summed E-state index contributed by atoms with van der Waals surface area (Å²) < 4.78 is 0. The highest BCUT2D eigenvalue weighted by Crippen LogP contribution is 1.97. The van der Waals surface area contributed by atoms with Crippen molar-refractivity contribution in [2.75, 3.05) is 13.2 Å². The number of carboxylic acids is 2. The van der Waals surface area contributed by atoms with Crippen molar-refractivity contribution in [1.82, 2.24) is 16.0 Å². The minimum Gasteiger partial charge on any atom is -0.481 e. The van der Waals surface area contributed by atoms with E-state index in [0.717, 1.165) is 6.92 Å². The molecule has 3 atom stereocenters. The van der Waals surface area contributed by atoms with Crippen LogP contribution in [0.15, 0.2) is 0 Å². The average Bonchev–Trinajstić information content (AvgIpc) is 2.50. The number of aliphatic hydroxyl groups is 1. The molecule has 0 saturated heterocycles. The van der Waals surface area contributed by atoms with Crippen molar-refractivity contribution in [3.63, 3.8) is 0 Å². The first-order valence-electron chi connectivity index (χ1n) is 6.78. The minimum absolute atomic E-state index is 0.445. The first-order chi connectivity index (χ1) is 11.1. The summed E-state index contributed by atoms with van der Waals surface area (Å²) in [5.74, 6) is -5.59. The lowest BCUT2D eigenvalue weighted by atomic mass is 10.1. The Balaban J connectivity index is 5.01. The second-order valence-corrected chi connectivity index (χ2v) is 4.73. The van der Waals surface area contributed by atoms with Gasteiger partial charge in [-0.05, 0) is 6.92 Å². The molecule has 0 aliphatic rings. The first-order valence-corrected chi connectivity index (χ1v) is 6.78. The Kier molecular flexibility index (Phi) is 8.97. The lowest BCUT2D eigenvalue weighted by Crippen LogP contribution is -2.57. The van der Waals surface area contributed by atoms with E-state index in [-0.39, 0.29) is 0 Å². The standard InChI is InChI=1S/C12H20N4O8/c1-5(12(23)24)14-10(21)6(2-9(19)20)16-11(22)7(4-17)15-8(18)3-13/h5-7,17H,2-4,13H2,1H3,(H,14,21)(H,15,18)(H,16,22)(H,19,20)(H,23,24). The van der Waals surface area contributed by atoms with E-state index in [1.807, 2.05) is 10.6 Å². The number of nitrogens with one attached hydrogen (secondary N) is 3. The third-order valence-corrected chi connectivity index (χ3v) is 2.76. The molecule has 12 nitrogen and oxygen atoms in total. The fourth-order valence-electron chi connectivity index (χ4n) is 1.48. The Bertz CT molecular complexity index is 509. The van der Waals surface area contributed by atoms with Crippen molar-refractivity contribution in [1.29, 1.82) is 0 Å². The number of amides is 3. The Morgan fingerprint density at radius 3 is 1.92 bits per heavy atom. The van der Waals surface area contributed by atoms with Gasteiger partial charge in [0.2, 0.25) is 17.7 Å². The van der Waals surface area contributed by atoms with Crippen molar-refractivity contribution in [2.24, 2.45) is 5.73 Å². The number of carbonyl (C=O) groups excluding carboxylic acids is 3. The second-order valence-electron chi connectivity index (χ2n) is 4.73. The van der Waals surface area contributed by atoms with Gasteiger partial charge in [0.05, 0.1) is 19.6 Å². The summed E-state index contributed by atoms with van der Waals surface area (Å²) in [5.41, 5.74) is 5.05. The summed E-state index contributed by atoms with van der Waals surface area (Å²) >= 11 is 0. The number of hydrogen-bond donors (Lipinski definition) is 7. The topological polar surface area (TPSA) is 208 Å². The predicted molar refractivity (Wildman–Crippen MR) is 77.5 cm³/mol. The zero-order valence-electron chi connectivity index (χ0n) is 12.8. The summed E-state index contributed by atoms with van der Waals surface area (Å²) in [6.45, 7) is -0.110. The lowest BCUT2D eigenvalue weighted by molar-refractivity contribution is -0.143. The van der Waals surface area contributed by atoms with E-state index in [1.165, 1.54) is 0 Å². The largest absolute Gasteiger partial charge is 0.481 e. The van der Waals surface area contributed by atoms with Crippen molar-refractivity contribution in [2.45, 2.75) is 31.5 Å². The van der Waals surface area contributed by atoms with Crippen LogP contribution in [0.4, 0.5) is 0 Å². The van der Waals surface area contributed by atoms with E-state index >= 15 is 0 Å². The van der Waals surface area contributed by atoms with Gasteiger partial charge in [-0.25, -0.2) is 0 Å². The van der Waals surface area contributed by atoms with Crippen LogP contribution in [0.3, 0.4) is 0 Å². The van der Waals surface area contributed by atoms with Gasteiger partial charge >= 0.3 is 11.9 Å². The Morgan fingerprint density at radius 2 is 1.50 bits per heavy atom. The van der Waals surface area contributed by atoms with Crippen LogP contribution < -0.4 is 21.7 Å². The molecule has 0 spiro atoms. The zero-order chi connectivity index (χ0) is 18.9. The highest BCUT2D eigenvalue weighted by atomic mass is 16.4. The van der Waals surface area contributed by atoms with Gasteiger partial charge in [0, 0.05) is 0 Å². The highest BCUT2D eigenvalue weighted by Gasteiger charge is 2.29. The monoisotopic (exact) mass is 348 g/mol. The molecule has 0 bridgehead atoms. The molecule has 0 fully saturated rings. The number of carboxylic acid groups (broad SMARTS) is 2. The van der Waals surface area contributed by atoms with E-state index in [9.17, 15) is 24.0 Å². The SMILES string of the molecule is CC(NC(=O)C(CC(=O)O)NC(=O)C(CO)NC(=O)CN)C(=O)O. The first kappa shape index (κ1) is 21.3. The van der Waals surface area contributed by atoms with Crippen LogP contribution in [0.2, 0.25) is 0 Å². The maximum atomic E-state index is 11.9. The number of carbonyl (C=O) groups is 5. The number of aliphatic carboxylic acids is 2.